The number of ether oxygens (including phenoxy) is 1. The van der Waals surface area contributed by atoms with Crippen LogP contribution in [0.4, 0.5) is 13.2 Å². The Bertz CT molecular complexity index is 507. The zero-order chi connectivity index (χ0) is 15.5. The molecule has 0 aromatic heterocycles. The number of carbonyl (C=O) groups is 1. The maximum atomic E-state index is 12.8. The Morgan fingerprint density at radius 2 is 2.05 bits per heavy atom. The van der Waals surface area contributed by atoms with Crippen molar-refractivity contribution in [1.29, 1.82) is 0 Å². The lowest BCUT2D eigenvalue weighted by Gasteiger charge is -2.27. The molecule has 1 amide bonds. The highest BCUT2D eigenvalue weighted by molar-refractivity contribution is 5.85. The third kappa shape index (κ3) is 4.78. The first-order valence-electron chi connectivity index (χ1n) is 6.69. The summed E-state index contributed by atoms with van der Waals surface area (Å²) >= 11 is 0. The van der Waals surface area contributed by atoms with E-state index in [4.69, 9.17) is 4.74 Å². The van der Waals surface area contributed by atoms with E-state index >= 15 is 0 Å². The highest BCUT2D eigenvalue weighted by Gasteiger charge is 2.34. The van der Waals surface area contributed by atoms with Crippen molar-refractivity contribution >= 4 is 18.3 Å². The van der Waals surface area contributed by atoms with Gasteiger partial charge < -0.3 is 15.4 Å². The number of hydrogen-bond donors (Lipinski definition) is 2. The molecule has 0 spiro atoms. The first-order chi connectivity index (χ1) is 9.88. The number of hydrogen-bond acceptors (Lipinski definition) is 3. The maximum absolute atomic E-state index is 12.8. The van der Waals surface area contributed by atoms with Gasteiger partial charge in [0, 0.05) is 25.6 Å². The third-order valence-electron chi connectivity index (χ3n) is 3.30. The SMILES string of the molecule is CC(Oc1ccccc1C(F)(F)F)C(=O)NCC1CNC1.Cl. The fourth-order valence-electron chi connectivity index (χ4n) is 1.93. The minimum absolute atomic E-state index is 0. The molecule has 1 aliphatic rings. The predicted molar refractivity (Wildman–Crippen MR) is 78.2 cm³/mol. The molecule has 2 N–H and O–H groups in total. The normalized spacial score (nSPS) is 16.2. The molecule has 1 heterocycles. The molecular formula is C14H18ClF3N2O2. The van der Waals surface area contributed by atoms with Crippen molar-refractivity contribution < 1.29 is 22.7 Å². The molecule has 1 aliphatic heterocycles. The third-order valence-corrected chi connectivity index (χ3v) is 3.30. The van der Waals surface area contributed by atoms with E-state index in [-0.39, 0.29) is 18.2 Å². The van der Waals surface area contributed by atoms with E-state index in [1.807, 2.05) is 0 Å². The molecule has 1 atom stereocenters. The van der Waals surface area contributed by atoms with Gasteiger partial charge in [-0.05, 0) is 19.1 Å². The molecule has 0 aliphatic carbocycles. The van der Waals surface area contributed by atoms with E-state index in [0.29, 0.717) is 12.5 Å². The number of nitrogens with one attached hydrogen (secondary N) is 2. The second-order valence-electron chi connectivity index (χ2n) is 5.02. The topological polar surface area (TPSA) is 50.4 Å². The van der Waals surface area contributed by atoms with Gasteiger partial charge in [0.25, 0.3) is 5.91 Å². The van der Waals surface area contributed by atoms with E-state index in [2.05, 4.69) is 10.6 Å². The second kappa shape index (κ2) is 7.69. The first-order valence-corrected chi connectivity index (χ1v) is 6.69. The van der Waals surface area contributed by atoms with Gasteiger partial charge in [0.05, 0.1) is 5.56 Å². The van der Waals surface area contributed by atoms with Crippen molar-refractivity contribution in [2.24, 2.45) is 5.92 Å². The highest BCUT2D eigenvalue weighted by atomic mass is 35.5. The van der Waals surface area contributed by atoms with Crippen LogP contribution in [0.25, 0.3) is 0 Å². The molecule has 124 valence electrons. The lowest BCUT2D eigenvalue weighted by molar-refractivity contribution is -0.140. The van der Waals surface area contributed by atoms with Gasteiger partial charge in [-0.15, -0.1) is 12.4 Å². The predicted octanol–water partition coefficient (Wildman–Crippen LogP) is 2.23. The minimum Gasteiger partial charge on any atom is -0.480 e. The smallest absolute Gasteiger partial charge is 0.419 e. The summed E-state index contributed by atoms with van der Waals surface area (Å²) in [5.41, 5.74) is -0.882. The van der Waals surface area contributed by atoms with Gasteiger partial charge in [0.2, 0.25) is 0 Å². The van der Waals surface area contributed by atoms with E-state index in [1.54, 1.807) is 0 Å². The van der Waals surface area contributed by atoms with Gasteiger partial charge >= 0.3 is 6.18 Å². The molecule has 8 heteroatoms. The van der Waals surface area contributed by atoms with Crippen LogP contribution in [0, 0.1) is 5.92 Å². The summed E-state index contributed by atoms with van der Waals surface area (Å²) < 4.78 is 43.6. The van der Waals surface area contributed by atoms with Crippen LogP contribution in [-0.2, 0) is 11.0 Å². The van der Waals surface area contributed by atoms with Crippen molar-refractivity contribution in [3.63, 3.8) is 0 Å². The first kappa shape index (κ1) is 18.6. The molecule has 1 fully saturated rings. The van der Waals surface area contributed by atoms with Crippen LogP contribution in [0.15, 0.2) is 24.3 Å². The number of para-hydroxylation sites is 1. The fraction of sp³-hybridized carbons (Fsp3) is 0.500. The molecule has 2 rings (SSSR count). The van der Waals surface area contributed by atoms with Gasteiger partial charge in [-0.3, -0.25) is 4.79 Å². The molecule has 0 bridgehead atoms. The molecule has 22 heavy (non-hydrogen) atoms. The zero-order valence-corrected chi connectivity index (χ0v) is 12.8. The molecular weight excluding hydrogens is 321 g/mol. The van der Waals surface area contributed by atoms with E-state index in [9.17, 15) is 18.0 Å². The standard InChI is InChI=1S/C14H17F3N2O2.ClH/c1-9(13(20)19-8-10-6-18-7-10)21-12-5-3-2-4-11(12)14(15,16)17;/h2-5,9-10,18H,6-8H2,1H3,(H,19,20);1H. The molecule has 1 saturated heterocycles. The highest BCUT2D eigenvalue weighted by Crippen LogP contribution is 2.36. The summed E-state index contributed by atoms with van der Waals surface area (Å²) in [5, 5.41) is 5.75. The van der Waals surface area contributed by atoms with Crippen LogP contribution >= 0.6 is 12.4 Å². The van der Waals surface area contributed by atoms with Crippen molar-refractivity contribution in [2.45, 2.75) is 19.2 Å². The molecule has 0 saturated carbocycles. The number of amides is 1. The number of halogens is 4. The van der Waals surface area contributed by atoms with Crippen molar-refractivity contribution in [3.8, 4) is 5.75 Å². The van der Waals surface area contributed by atoms with Crippen molar-refractivity contribution in [1.82, 2.24) is 10.6 Å². The average molecular weight is 339 g/mol. The zero-order valence-electron chi connectivity index (χ0n) is 11.9. The van der Waals surface area contributed by atoms with E-state index in [0.717, 1.165) is 19.2 Å². The molecule has 1 aromatic carbocycles. The summed E-state index contributed by atoms with van der Waals surface area (Å²) in [6, 6.07) is 4.86. The lowest BCUT2D eigenvalue weighted by Crippen LogP contribution is -2.49. The Labute approximate surface area is 132 Å². The van der Waals surface area contributed by atoms with Gasteiger partial charge in [0.15, 0.2) is 6.10 Å². The fourth-order valence-corrected chi connectivity index (χ4v) is 1.93. The van der Waals surface area contributed by atoms with Crippen molar-refractivity contribution in [2.75, 3.05) is 19.6 Å². The second-order valence-corrected chi connectivity index (χ2v) is 5.02. The molecule has 1 unspecified atom stereocenters. The largest absolute Gasteiger partial charge is 0.480 e. The van der Waals surface area contributed by atoms with Gasteiger partial charge in [-0.1, -0.05) is 12.1 Å². The monoisotopic (exact) mass is 338 g/mol. The summed E-state index contributed by atoms with van der Waals surface area (Å²) in [5.74, 6) is -0.375. The molecule has 4 nitrogen and oxygen atoms in total. The summed E-state index contributed by atoms with van der Waals surface area (Å²) in [6.45, 7) is 3.61. The van der Waals surface area contributed by atoms with Crippen LogP contribution in [0.1, 0.15) is 12.5 Å². The summed E-state index contributed by atoms with van der Waals surface area (Å²) in [6.07, 6.45) is -5.49. The van der Waals surface area contributed by atoms with E-state index in [1.165, 1.54) is 25.1 Å². The van der Waals surface area contributed by atoms with Crippen LogP contribution in [0.5, 0.6) is 5.75 Å². The Hall–Kier alpha value is -1.47. The van der Waals surface area contributed by atoms with Crippen LogP contribution in [0.3, 0.4) is 0 Å². The molecule has 1 aromatic rings. The Morgan fingerprint density at radius 3 is 2.59 bits per heavy atom. The average Bonchev–Trinajstić information content (AvgIpc) is 2.36. The number of rotatable bonds is 5. The molecule has 0 radical (unpaired) electrons. The van der Waals surface area contributed by atoms with Crippen molar-refractivity contribution in [3.05, 3.63) is 29.8 Å². The maximum Gasteiger partial charge on any atom is 0.419 e. The number of benzene rings is 1. The van der Waals surface area contributed by atoms with Crippen LogP contribution in [0.2, 0.25) is 0 Å². The van der Waals surface area contributed by atoms with Gasteiger partial charge in [0.1, 0.15) is 5.75 Å². The number of carbonyl (C=O) groups excluding carboxylic acids is 1. The lowest BCUT2D eigenvalue weighted by atomic mass is 10.0. The Morgan fingerprint density at radius 1 is 1.41 bits per heavy atom. The van der Waals surface area contributed by atoms with Gasteiger partial charge in [-0.2, -0.15) is 13.2 Å². The summed E-state index contributed by atoms with van der Waals surface area (Å²) in [4.78, 5) is 11.8. The van der Waals surface area contributed by atoms with Crippen LogP contribution < -0.4 is 15.4 Å². The van der Waals surface area contributed by atoms with Gasteiger partial charge in [-0.25, -0.2) is 0 Å². The quantitative estimate of drug-likeness (QED) is 0.865. The Kier molecular flexibility index (Phi) is 6.49. The van der Waals surface area contributed by atoms with E-state index < -0.39 is 23.8 Å². The Balaban J connectivity index is 0.00000242. The van der Waals surface area contributed by atoms with Crippen LogP contribution in [-0.4, -0.2) is 31.6 Å². The minimum atomic E-state index is -4.51. The summed E-state index contributed by atoms with van der Waals surface area (Å²) in [7, 11) is 0. The number of alkyl halides is 3.